The molecule has 164 valence electrons. The van der Waals surface area contributed by atoms with Crippen LogP contribution in [0.3, 0.4) is 0 Å². The van der Waals surface area contributed by atoms with E-state index in [0.29, 0.717) is 29.3 Å². The number of hydrogen-bond donors (Lipinski definition) is 3. The molecule has 32 heavy (non-hydrogen) atoms. The lowest BCUT2D eigenvalue weighted by Gasteiger charge is -2.13. The van der Waals surface area contributed by atoms with Gasteiger partial charge in [-0.25, -0.2) is 0 Å². The van der Waals surface area contributed by atoms with Crippen LogP contribution in [-0.2, 0) is 4.79 Å². The van der Waals surface area contributed by atoms with Crippen LogP contribution >= 0.6 is 0 Å². The smallest absolute Gasteiger partial charge is 0.255 e. The molecule has 0 spiro atoms. The largest absolute Gasteiger partial charge is 0.487 e. The van der Waals surface area contributed by atoms with Gasteiger partial charge in [0.1, 0.15) is 12.4 Å². The van der Waals surface area contributed by atoms with Gasteiger partial charge in [0, 0.05) is 16.9 Å². The van der Waals surface area contributed by atoms with Gasteiger partial charge in [-0.2, -0.15) is 0 Å². The van der Waals surface area contributed by atoms with Crippen molar-refractivity contribution in [2.45, 2.75) is 13.8 Å². The van der Waals surface area contributed by atoms with Crippen LogP contribution in [0.2, 0.25) is 0 Å². The minimum absolute atomic E-state index is 0.0871. The molecule has 3 N–H and O–H groups in total. The maximum atomic E-state index is 12.4. The summed E-state index contributed by atoms with van der Waals surface area (Å²) >= 11 is 0. The molecular formula is C26H27N3O3. The van der Waals surface area contributed by atoms with E-state index in [1.807, 2.05) is 56.3 Å². The number of hydrogen-bond acceptors (Lipinski definition) is 4. The zero-order valence-electron chi connectivity index (χ0n) is 18.3. The average molecular weight is 430 g/mol. The third kappa shape index (κ3) is 6.74. The first kappa shape index (κ1) is 22.6. The van der Waals surface area contributed by atoms with E-state index in [0.717, 1.165) is 16.8 Å². The fourth-order valence-electron chi connectivity index (χ4n) is 2.93. The minimum atomic E-state index is -0.201. The summed E-state index contributed by atoms with van der Waals surface area (Å²) < 4.78 is 5.68. The van der Waals surface area contributed by atoms with Crippen molar-refractivity contribution < 1.29 is 14.3 Å². The molecule has 3 aromatic carbocycles. The highest BCUT2D eigenvalue weighted by Crippen LogP contribution is 2.24. The molecule has 0 saturated carbocycles. The molecule has 0 aliphatic rings. The second kappa shape index (κ2) is 10.8. The normalized spacial score (nSPS) is 10.2. The summed E-state index contributed by atoms with van der Waals surface area (Å²) in [7, 11) is 0. The summed E-state index contributed by atoms with van der Waals surface area (Å²) in [6.07, 6.45) is 0. The van der Waals surface area contributed by atoms with Gasteiger partial charge < -0.3 is 20.7 Å². The van der Waals surface area contributed by atoms with Crippen molar-refractivity contribution in [3.05, 3.63) is 96.1 Å². The van der Waals surface area contributed by atoms with Gasteiger partial charge in [-0.05, 0) is 68.0 Å². The van der Waals surface area contributed by atoms with E-state index in [2.05, 4.69) is 22.5 Å². The van der Waals surface area contributed by atoms with Crippen LogP contribution in [0.15, 0.2) is 84.9 Å². The van der Waals surface area contributed by atoms with E-state index < -0.39 is 0 Å². The van der Waals surface area contributed by atoms with Crippen molar-refractivity contribution in [2.24, 2.45) is 0 Å². The van der Waals surface area contributed by atoms with Crippen LogP contribution in [-0.4, -0.2) is 25.0 Å². The fraction of sp³-hybridized carbons (Fsp3) is 0.154. The molecule has 6 heteroatoms. The average Bonchev–Trinajstić information content (AvgIpc) is 2.78. The van der Waals surface area contributed by atoms with Gasteiger partial charge in [-0.3, -0.25) is 9.59 Å². The van der Waals surface area contributed by atoms with E-state index in [4.69, 9.17) is 4.74 Å². The Labute approximate surface area is 188 Å². The molecule has 0 aliphatic carbocycles. The third-order valence-corrected chi connectivity index (χ3v) is 4.51. The van der Waals surface area contributed by atoms with Crippen LogP contribution in [0.4, 0.5) is 17.1 Å². The predicted octanol–water partition coefficient (Wildman–Crippen LogP) is 5.25. The molecule has 3 aromatic rings. The molecule has 0 heterocycles. The first-order chi connectivity index (χ1) is 15.4. The monoisotopic (exact) mass is 429 g/mol. The van der Waals surface area contributed by atoms with Gasteiger partial charge >= 0.3 is 0 Å². The number of anilines is 3. The highest BCUT2D eigenvalue weighted by Gasteiger charge is 2.09. The molecule has 0 radical (unpaired) electrons. The molecule has 2 amide bonds. The number of aryl methyl sites for hydroxylation is 1. The Bertz CT molecular complexity index is 1110. The second-order valence-corrected chi connectivity index (χ2v) is 7.54. The molecule has 0 fully saturated rings. The van der Waals surface area contributed by atoms with Crippen molar-refractivity contribution in [2.75, 3.05) is 29.1 Å². The summed E-state index contributed by atoms with van der Waals surface area (Å²) in [6.45, 7) is 8.12. The number of rotatable bonds is 9. The lowest BCUT2D eigenvalue weighted by molar-refractivity contribution is -0.114. The van der Waals surface area contributed by atoms with Gasteiger partial charge in [0.05, 0.1) is 12.2 Å². The number of carbonyl (C=O) groups is 2. The maximum absolute atomic E-state index is 12.4. The van der Waals surface area contributed by atoms with Gasteiger partial charge in [-0.15, -0.1) is 0 Å². The zero-order valence-corrected chi connectivity index (χ0v) is 18.3. The highest BCUT2D eigenvalue weighted by molar-refractivity contribution is 6.04. The first-order valence-electron chi connectivity index (χ1n) is 10.3. The Hall–Kier alpha value is -4.06. The molecule has 0 saturated heterocycles. The third-order valence-electron chi connectivity index (χ3n) is 4.51. The second-order valence-electron chi connectivity index (χ2n) is 7.54. The van der Waals surface area contributed by atoms with Gasteiger partial charge in [0.25, 0.3) is 5.91 Å². The number of benzene rings is 3. The quantitative estimate of drug-likeness (QED) is 0.406. The lowest BCUT2D eigenvalue weighted by atomic mass is 10.1. The summed E-state index contributed by atoms with van der Waals surface area (Å²) in [5.74, 6) is 0.229. The Morgan fingerprint density at radius 2 is 1.62 bits per heavy atom. The Balaban J connectivity index is 1.51. The summed E-state index contributed by atoms with van der Waals surface area (Å²) in [6, 6.07) is 21.9. The molecule has 0 bridgehead atoms. The van der Waals surface area contributed by atoms with Crippen LogP contribution in [0.1, 0.15) is 22.8 Å². The molecule has 0 aliphatic heterocycles. The van der Waals surface area contributed by atoms with Crippen molar-refractivity contribution in [1.29, 1.82) is 0 Å². The highest BCUT2D eigenvalue weighted by atomic mass is 16.5. The topological polar surface area (TPSA) is 79.5 Å². The molecule has 6 nitrogen and oxygen atoms in total. The van der Waals surface area contributed by atoms with Crippen LogP contribution in [0, 0.1) is 6.92 Å². The van der Waals surface area contributed by atoms with Crippen molar-refractivity contribution >= 4 is 28.9 Å². The lowest BCUT2D eigenvalue weighted by Crippen LogP contribution is -2.22. The fourth-order valence-corrected chi connectivity index (χ4v) is 2.93. The predicted molar refractivity (Wildman–Crippen MR) is 129 cm³/mol. The Kier molecular flexibility index (Phi) is 7.65. The summed E-state index contributed by atoms with van der Waals surface area (Å²) in [5.41, 5.74) is 4.58. The van der Waals surface area contributed by atoms with Crippen molar-refractivity contribution in [1.82, 2.24) is 0 Å². The first-order valence-corrected chi connectivity index (χ1v) is 10.3. The molecule has 3 rings (SSSR count). The number of carbonyl (C=O) groups excluding carboxylic acids is 2. The zero-order chi connectivity index (χ0) is 22.9. The van der Waals surface area contributed by atoms with Gasteiger partial charge in [0.15, 0.2) is 0 Å². The number of ether oxygens (including phenoxy) is 1. The van der Waals surface area contributed by atoms with Crippen LogP contribution < -0.4 is 20.7 Å². The molecule has 0 aromatic heterocycles. The minimum Gasteiger partial charge on any atom is -0.487 e. The number of nitrogens with one attached hydrogen (secondary N) is 3. The van der Waals surface area contributed by atoms with E-state index in [9.17, 15) is 9.59 Å². The van der Waals surface area contributed by atoms with Gasteiger partial charge in [-0.1, -0.05) is 36.4 Å². The van der Waals surface area contributed by atoms with E-state index >= 15 is 0 Å². The summed E-state index contributed by atoms with van der Waals surface area (Å²) in [4.78, 5) is 24.7. The van der Waals surface area contributed by atoms with Crippen LogP contribution in [0.5, 0.6) is 5.75 Å². The molecular weight excluding hydrogens is 402 g/mol. The number of amides is 2. The standard InChI is InChI=1S/C26H27N3O3/c1-18(2)17-32-24-10-5-4-9-23(24)29-25(30)16-27-21-11-13-22(14-12-21)28-26(31)20-8-6-7-19(3)15-20/h4-15,27H,1,16-17H2,2-3H3,(H,28,31)(H,29,30). The van der Waals surface area contributed by atoms with Crippen molar-refractivity contribution in [3.8, 4) is 5.75 Å². The van der Waals surface area contributed by atoms with E-state index in [-0.39, 0.29) is 18.4 Å². The van der Waals surface area contributed by atoms with E-state index in [1.54, 1.807) is 30.3 Å². The summed E-state index contributed by atoms with van der Waals surface area (Å²) in [5, 5.41) is 8.80. The maximum Gasteiger partial charge on any atom is 0.255 e. The van der Waals surface area contributed by atoms with Gasteiger partial charge in [0.2, 0.25) is 5.91 Å². The Morgan fingerprint density at radius 1 is 0.906 bits per heavy atom. The molecule has 0 atom stereocenters. The SMILES string of the molecule is C=C(C)COc1ccccc1NC(=O)CNc1ccc(NC(=O)c2cccc(C)c2)cc1. The number of para-hydroxylation sites is 2. The molecule has 0 unspecified atom stereocenters. The van der Waals surface area contributed by atoms with Crippen molar-refractivity contribution in [3.63, 3.8) is 0 Å². The Morgan fingerprint density at radius 3 is 2.34 bits per heavy atom. The van der Waals surface area contributed by atoms with Crippen LogP contribution in [0.25, 0.3) is 0 Å². The van der Waals surface area contributed by atoms with E-state index in [1.165, 1.54) is 0 Å².